The maximum Gasteiger partial charge on any atom is 0.327 e. The molecule has 0 fully saturated rings. The summed E-state index contributed by atoms with van der Waals surface area (Å²) in [5.41, 5.74) is 2.99. The topological polar surface area (TPSA) is 49.3 Å². The number of carboxylic acid groups (broad SMARTS) is 1. The molecule has 2 aromatic rings. The smallest absolute Gasteiger partial charge is 0.327 e. The first-order chi connectivity index (χ1) is 10.1. The Morgan fingerprint density at radius 1 is 1.14 bits per heavy atom. The number of carboxylic acids is 1. The minimum atomic E-state index is -0.906. The Hall–Kier alpha value is -2.73. The van der Waals surface area contributed by atoms with Gasteiger partial charge in [-0.2, -0.15) is 0 Å². The molecule has 2 N–H and O–H groups in total. The van der Waals surface area contributed by atoms with Crippen molar-refractivity contribution in [2.75, 3.05) is 0 Å². The van der Waals surface area contributed by atoms with Crippen LogP contribution in [0.15, 0.2) is 54.6 Å². The zero-order valence-electron chi connectivity index (χ0n) is 11.8. The van der Waals surface area contributed by atoms with Crippen LogP contribution in [0, 0.1) is 18.9 Å². The monoisotopic (exact) mass is 279 g/mol. The van der Waals surface area contributed by atoms with Gasteiger partial charge in [-0.3, -0.25) is 0 Å². The van der Waals surface area contributed by atoms with Crippen molar-refractivity contribution in [1.29, 1.82) is 0 Å². The second kappa shape index (κ2) is 7.16. The highest BCUT2D eigenvalue weighted by atomic mass is 16.4. The van der Waals surface area contributed by atoms with Crippen LogP contribution in [0.3, 0.4) is 0 Å². The molecule has 0 aliphatic heterocycles. The number of rotatable bonds is 4. The van der Waals surface area contributed by atoms with E-state index in [4.69, 9.17) is 0 Å². The van der Waals surface area contributed by atoms with E-state index in [9.17, 15) is 9.90 Å². The first-order valence-corrected chi connectivity index (χ1v) is 6.75. The highest BCUT2D eigenvalue weighted by Gasteiger charge is 2.15. The van der Waals surface area contributed by atoms with Gasteiger partial charge >= 0.3 is 5.97 Å². The molecule has 21 heavy (non-hydrogen) atoms. The molecule has 0 aliphatic carbocycles. The number of aliphatic carboxylic acids is 1. The zero-order valence-corrected chi connectivity index (χ0v) is 11.8. The van der Waals surface area contributed by atoms with E-state index in [0.717, 1.165) is 11.1 Å². The largest absolute Gasteiger partial charge is 0.480 e. The fourth-order valence-corrected chi connectivity index (χ4v) is 1.88. The summed E-state index contributed by atoms with van der Waals surface area (Å²) in [7, 11) is 0. The summed E-state index contributed by atoms with van der Waals surface area (Å²) in [5.74, 6) is 2.01. The minimum absolute atomic E-state index is 0.402. The summed E-state index contributed by atoms with van der Waals surface area (Å²) in [6.45, 7) is 2.01. The number of hydrogen-bond donors (Lipinski definition) is 2. The third-order valence-corrected chi connectivity index (χ3v) is 3.09. The van der Waals surface area contributed by atoms with Crippen LogP contribution in [0.1, 0.15) is 16.7 Å². The lowest BCUT2D eigenvalue weighted by atomic mass is 10.1. The molecule has 3 nitrogen and oxygen atoms in total. The van der Waals surface area contributed by atoms with Crippen molar-refractivity contribution in [3.8, 4) is 12.0 Å². The number of hydrogen-bond acceptors (Lipinski definition) is 2. The van der Waals surface area contributed by atoms with Gasteiger partial charge in [0.2, 0.25) is 0 Å². The third-order valence-electron chi connectivity index (χ3n) is 3.09. The maximum absolute atomic E-state index is 11.3. The van der Waals surface area contributed by atoms with Gasteiger partial charge in [-0.15, -0.1) is 0 Å². The molecule has 0 spiro atoms. The van der Waals surface area contributed by atoms with Crippen LogP contribution in [-0.4, -0.2) is 17.1 Å². The van der Waals surface area contributed by atoms with E-state index in [1.165, 1.54) is 5.56 Å². The number of benzene rings is 2. The van der Waals surface area contributed by atoms with Crippen LogP contribution < -0.4 is 5.32 Å². The van der Waals surface area contributed by atoms with Crippen molar-refractivity contribution in [2.24, 2.45) is 0 Å². The highest BCUT2D eigenvalue weighted by molar-refractivity contribution is 5.74. The summed E-state index contributed by atoms with van der Waals surface area (Å²) in [6, 6.07) is 19.3. The fourth-order valence-electron chi connectivity index (χ4n) is 1.88. The molecule has 0 aromatic heterocycles. The Bertz CT molecular complexity index is 651. The third kappa shape index (κ3) is 4.70. The van der Waals surface area contributed by atoms with E-state index >= 15 is 0 Å². The average Bonchev–Trinajstić information content (AvgIpc) is 2.49. The van der Waals surface area contributed by atoms with E-state index in [0.29, 0.717) is 6.42 Å². The standard InChI is InChI=1S/C18H17NO2/c1-14-7-9-15(10-8-14)11-12-19-17(18(20)21)13-16-5-3-2-4-6-16/h2-10,17,19H,13H2,1H3,(H,20,21)/t17-/m0/s1. The first kappa shape index (κ1) is 14.7. The SMILES string of the molecule is Cc1ccc(C#CN[C@@H](Cc2ccccc2)C(=O)O)cc1. The lowest BCUT2D eigenvalue weighted by molar-refractivity contribution is -0.139. The van der Waals surface area contributed by atoms with Gasteiger partial charge in [0, 0.05) is 18.0 Å². The molecular formula is C18H17NO2. The Balaban J connectivity index is 2.01. The number of aryl methyl sites for hydroxylation is 1. The summed E-state index contributed by atoms with van der Waals surface area (Å²) in [6.07, 6.45) is 0.402. The van der Waals surface area contributed by atoms with Crippen molar-refractivity contribution in [3.05, 3.63) is 71.3 Å². The van der Waals surface area contributed by atoms with Crippen molar-refractivity contribution >= 4 is 5.97 Å². The van der Waals surface area contributed by atoms with Crippen LogP contribution in [0.5, 0.6) is 0 Å². The summed E-state index contributed by atoms with van der Waals surface area (Å²) in [4.78, 5) is 11.3. The zero-order chi connectivity index (χ0) is 15.1. The van der Waals surface area contributed by atoms with Gasteiger partial charge in [0.15, 0.2) is 0 Å². The van der Waals surface area contributed by atoms with Crippen molar-refractivity contribution in [2.45, 2.75) is 19.4 Å². The lowest BCUT2D eigenvalue weighted by Gasteiger charge is -2.10. The number of carbonyl (C=O) groups is 1. The Kier molecular flexibility index (Phi) is 5.00. The van der Waals surface area contributed by atoms with Crippen molar-refractivity contribution in [3.63, 3.8) is 0 Å². The average molecular weight is 279 g/mol. The predicted molar refractivity (Wildman–Crippen MR) is 82.8 cm³/mol. The molecular weight excluding hydrogens is 262 g/mol. The molecule has 106 valence electrons. The van der Waals surface area contributed by atoms with Gasteiger partial charge < -0.3 is 10.4 Å². The van der Waals surface area contributed by atoms with Crippen LogP contribution in [0.2, 0.25) is 0 Å². The minimum Gasteiger partial charge on any atom is -0.480 e. The van der Waals surface area contributed by atoms with E-state index < -0.39 is 12.0 Å². The van der Waals surface area contributed by atoms with Gasteiger partial charge in [-0.05, 0) is 30.5 Å². The quantitative estimate of drug-likeness (QED) is 0.668. The Morgan fingerprint density at radius 3 is 2.43 bits per heavy atom. The molecule has 0 heterocycles. The van der Waals surface area contributed by atoms with Gasteiger partial charge in [-0.25, -0.2) is 4.79 Å². The molecule has 0 unspecified atom stereocenters. The fraction of sp³-hybridized carbons (Fsp3) is 0.167. The van der Waals surface area contributed by atoms with Crippen LogP contribution in [0.25, 0.3) is 0 Å². The van der Waals surface area contributed by atoms with Crippen LogP contribution >= 0.6 is 0 Å². The molecule has 0 radical (unpaired) electrons. The summed E-state index contributed by atoms with van der Waals surface area (Å²) in [5, 5.41) is 12.0. The van der Waals surface area contributed by atoms with Gasteiger partial charge in [-0.1, -0.05) is 48.0 Å². The second-order valence-electron chi connectivity index (χ2n) is 4.84. The van der Waals surface area contributed by atoms with E-state index in [-0.39, 0.29) is 0 Å². The Morgan fingerprint density at radius 2 is 1.81 bits per heavy atom. The highest BCUT2D eigenvalue weighted by Crippen LogP contribution is 2.04. The molecule has 1 atom stereocenters. The molecule has 0 aliphatic rings. The molecule has 2 aromatic carbocycles. The molecule has 0 bridgehead atoms. The van der Waals surface area contributed by atoms with Crippen LogP contribution in [0.4, 0.5) is 0 Å². The van der Waals surface area contributed by atoms with Crippen LogP contribution in [-0.2, 0) is 11.2 Å². The molecule has 0 saturated carbocycles. The normalized spacial score (nSPS) is 11.1. The summed E-state index contributed by atoms with van der Waals surface area (Å²) < 4.78 is 0. The maximum atomic E-state index is 11.3. The summed E-state index contributed by atoms with van der Waals surface area (Å²) >= 11 is 0. The van der Waals surface area contributed by atoms with E-state index in [2.05, 4.69) is 17.3 Å². The first-order valence-electron chi connectivity index (χ1n) is 6.75. The van der Waals surface area contributed by atoms with Gasteiger partial charge in [0.25, 0.3) is 0 Å². The molecule has 3 heteroatoms. The number of nitrogens with one attached hydrogen (secondary N) is 1. The van der Waals surface area contributed by atoms with E-state index in [1.54, 1.807) is 0 Å². The Labute approximate surface area is 124 Å². The molecule has 0 amide bonds. The molecule has 2 rings (SSSR count). The van der Waals surface area contributed by atoms with Gasteiger partial charge in [0.05, 0.1) is 0 Å². The predicted octanol–water partition coefficient (Wildman–Crippen LogP) is 2.59. The second-order valence-corrected chi connectivity index (χ2v) is 4.84. The van der Waals surface area contributed by atoms with E-state index in [1.807, 2.05) is 61.5 Å². The lowest BCUT2D eigenvalue weighted by Crippen LogP contribution is -2.35. The van der Waals surface area contributed by atoms with Crippen molar-refractivity contribution < 1.29 is 9.90 Å². The van der Waals surface area contributed by atoms with Crippen molar-refractivity contribution in [1.82, 2.24) is 5.32 Å². The molecule has 0 saturated heterocycles. The van der Waals surface area contributed by atoms with Gasteiger partial charge in [0.1, 0.15) is 6.04 Å².